The monoisotopic (exact) mass is 646 g/mol. The number of piperazine rings is 1. The number of aliphatic hydroxyl groups is 2. The molecule has 2 N–H and O–H groups in total. The number of benzene rings is 2. The van der Waals surface area contributed by atoms with Crippen LogP contribution in [-0.4, -0.2) is 81.2 Å². The van der Waals surface area contributed by atoms with Crippen molar-refractivity contribution in [1.29, 1.82) is 0 Å². The number of aromatic nitrogens is 1. The maximum Gasteiger partial charge on any atom is 0.273 e. The van der Waals surface area contributed by atoms with Crippen molar-refractivity contribution in [2.75, 3.05) is 37.6 Å². The number of para-hydroxylation sites is 1. The summed E-state index contributed by atoms with van der Waals surface area (Å²) in [5, 5.41) is 22.8. The van der Waals surface area contributed by atoms with Crippen LogP contribution < -0.4 is 4.90 Å². The van der Waals surface area contributed by atoms with Crippen molar-refractivity contribution in [2.45, 2.75) is 82.5 Å². The fraction of sp³-hybridized carbons (Fsp3) is 0.525. The van der Waals surface area contributed by atoms with E-state index in [-0.39, 0.29) is 23.8 Å². The predicted octanol–water partition coefficient (Wildman–Crippen LogP) is 4.90. The average Bonchev–Trinajstić information content (AvgIpc) is 3.73. The van der Waals surface area contributed by atoms with Gasteiger partial charge in [0.05, 0.1) is 12.1 Å². The van der Waals surface area contributed by atoms with Gasteiger partial charge in [0.1, 0.15) is 17.3 Å². The van der Waals surface area contributed by atoms with Gasteiger partial charge in [-0.3, -0.25) is 9.59 Å². The van der Waals surface area contributed by atoms with Crippen LogP contribution in [0.25, 0.3) is 10.9 Å². The number of hydrogen-bond donors (Lipinski definition) is 2. The number of hydrogen-bond acceptors (Lipinski definition) is 6. The quantitative estimate of drug-likeness (QED) is 0.392. The van der Waals surface area contributed by atoms with Crippen LogP contribution in [0.5, 0.6) is 0 Å². The molecule has 2 saturated carbocycles. The number of amides is 2. The Hall–Kier alpha value is -3.93. The summed E-state index contributed by atoms with van der Waals surface area (Å²) in [6, 6.07) is 15.5. The van der Waals surface area contributed by atoms with Gasteiger partial charge in [0, 0.05) is 54.8 Å². The van der Waals surface area contributed by atoms with E-state index in [1.54, 1.807) is 11.0 Å². The van der Waals surface area contributed by atoms with Crippen LogP contribution in [0.4, 0.5) is 5.69 Å². The molecule has 3 aliphatic carbocycles. The van der Waals surface area contributed by atoms with Crippen molar-refractivity contribution < 1.29 is 19.8 Å². The van der Waals surface area contributed by atoms with Crippen LogP contribution in [-0.2, 0) is 17.8 Å². The van der Waals surface area contributed by atoms with Crippen molar-refractivity contribution in [1.82, 2.24) is 14.8 Å². The van der Waals surface area contributed by atoms with Crippen molar-refractivity contribution in [3.63, 3.8) is 0 Å². The van der Waals surface area contributed by atoms with Gasteiger partial charge >= 0.3 is 0 Å². The molecule has 250 valence electrons. The summed E-state index contributed by atoms with van der Waals surface area (Å²) in [5.74, 6) is 3.98. The second-order valence-corrected chi connectivity index (χ2v) is 15.1. The van der Waals surface area contributed by atoms with Gasteiger partial charge in [0.25, 0.3) is 5.91 Å². The third-order valence-electron chi connectivity index (χ3n) is 13.0. The first-order valence-corrected chi connectivity index (χ1v) is 17.9. The number of likely N-dealkylation sites (tertiary alicyclic amines) is 1. The number of fused-ring (bicyclic) bond motifs is 6. The van der Waals surface area contributed by atoms with Crippen LogP contribution in [0.1, 0.15) is 85.0 Å². The molecular formula is C40H46N4O4. The maximum atomic E-state index is 13.9. The summed E-state index contributed by atoms with van der Waals surface area (Å²) in [6.45, 7) is 5.26. The molecule has 8 rings (SSSR count). The molecule has 2 saturated heterocycles. The Morgan fingerprint density at radius 1 is 1.00 bits per heavy atom. The first-order valence-electron chi connectivity index (χ1n) is 17.9. The average molecular weight is 647 g/mol. The summed E-state index contributed by atoms with van der Waals surface area (Å²) < 4.78 is 0. The Labute approximate surface area is 283 Å². The SMILES string of the molecule is C#C[C@]1(O)CC[C@H]2[C@@H]3CCc4cc(CO)c(N5CCN(C(=O)[C@@H]6CCCN6C(=O)c6ccc7ccccc7n6)CC5)cc4[C@H]3CC[C@@]21C. The standard InChI is InChI=1S/C40H46N4O4/c1-3-40(48)17-15-32-30-12-10-27-23-28(25-45)36(24-31(27)29(30)14-16-39(32,40)2)42-19-21-43(22-20-42)38(47)35-9-6-18-44(35)37(46)34-13-11-26-7-4-5-8-33(26)41-34/h1,4-5,7-8,11,13,23-24,29-30,32,35,45,48H,6,9-10,12,14-22,25H2,2H3/t29-,30+,32-,35-,39-,40-/m0/s1. The zero-order valence-corrected chi connectivity index (χ0v) is 27.9. The molecule has 5 aliphatic rings. The second-order valence-electron chi connectivity index (χ2n) is 15.1. The summed E-state index contributed by atoms with van der Waals surface area (Å²) >= 11 is 0. The first-order chi connectivity index (χ1) is 23.2. The van der Waals surface area contributed by atoms with Gasteiger partial charge in [-0.15, -0.1) is 6.42 Å². The van der Waals surface area contributed by atoms with Crippen LogP contribution in [0.3, 0.4) is 0 Å². The molecular weight excluding hydrogens is 600 g/mol. The summed E-state index contributed by atoms with van der Waals surface area (Å²) in [7, 11) is 0. The highest BCUT2D eigenvalue weighted by Crippen LogP contribution is 2.64. The van der Waals surface area contributed by atoms with E-state index in [0.717, 1.165) is 60.7 Å². The van der Waals surface area contributed by atoms with Gasteiger partial charge in [-0.25, -0.2) is 4.98 Å². The molecule has 4 fully saturated rings. The van der Waals surface area contributed by atoms with Gasteiger partial charge in [-0.05, 0) is 98.4 Å². The van der Waals surface area contributed by atoms with E-state index >= 15 is 0 Å². The minimum absolute atomic E-state index is 0.0192. The highest BCUT2D eigenvalue weighted by atomic mass is 16.3. The lowest BCUT2D eigenvalue weighted by Crippen LogP contribution is -2.54. The molecule has 48 heavy (non-hydrogen) atoms. The summed E-state index contributed by atoms with van der Waals surface area (Å²) in [4.78, 5) is 38.0. The lowest BCUT2D eigenvalue weighted by atomic mass is 9.53. The molecule has 3 aromatic rings. The molecule has 2 aliphatic heterocycles. The smallest absolute Gasteiger partial charge is 0.273 e. The van der Waals surface area contributed by atoms with Crippen molar-refractivity contribution >= 4 is 28.4 Å². The van der Waals surface area contributed by atoms with Crippen LogP contribution in [0.2, 0.25) is 0 Å². The predicted molar refractivity (Wildman–Crippen MR) is 185 cm³/mol. The lowest BCUT2D eigenvalue weighted by molar-refractivity contribution is -0.135. The third kappa shape index (κ3) is 4.84. The Morgan fingerprint density at radius 3 is 2.60 bits per heavy atom. The van der Waals surface area contributed by atoms with Gasteiger partial charge in [0.15, 0.2) is 0 Å². The van der Waals surface area contributed by atoms with Crippen molar-refractivity contribution in [3.05, 3.63) is 70.9 Å². The molecule has 2 aromatic carbocycles. The molecule has 0 radical (unpaired) electrons. The molecule has 8 nitrogen and oxygen atoms in total. The maximum absolute atomic E-state index is 13.9. The topological polar surface area (TPSA) is 97.2 Å². The van der Waals surface area contributed by atoms with E-state index in [0.29, 0.717) is 69.0 Å². The number of anilines is 1. The van der Waals surface area contributed by atoms with Gasteiger partial charge in [0.2, 0.25) is 5.91 Å². The normalized spacial score (nSPS) is 31.2. The molecule has 0 bridgehead atoms. The Morgan fingerprint density at radius 2 is 1.81 bits per heavy atom. The third-order valence-corrected chi connectivity index (χ3v) is 13.0. The summed E-state index contributed by atoms with van der Waals surface area (Å²) in [5.41, 5.74) is 4.68. The molecule has 1 aromatic heterocycles. The van der Waals surface area contributed by atoms with Crippen molar-refractivity contribution in [3.8, 4) is 12.3 Å². The van der Waals surface area contributed by atoms with E-state index in [1.807, 2.05) is 35.2 Å². The number of nitrogens with zero attached hydrogens (tertiary/aromatic N) is 4. The van der Waals surface area contributed by atoms with E-state index in [2.05, 4.69) is 34.9 Å². The highest BCUT2D eigenvalue weighted by Gasteiger charge is 2.61. The fourth-order valence-corrected chi connectivity index (χ4v) is 10.3. The zero-order valence-electron chi connectivity index (χ0n) is 27.9. The van der Waals surface area contributed by atoms with Gasteiger partial charge in [-0.2, -0.15) is 0 Å². The molecule has 6 atom stereocenters. The van der Waals surface area contributed by atoms with E-state index in [9.17, 15) is 19.8 Å². The lowest BCUT2D eigenvalue weighted by Gasteiger charge is -2.52. The molecule has 0 spiro atoms. The largest absolute Gasteiger partial charge is 0.392 e. The Balaban J connectivity index is 0.970. The van der Waals surface area contributed by atoms with Crippen molar-refractivity contribution in [2.24, 2.45) is 17.3 Å². The van der Waals surface area contributed by atoms with Crippen LogP contribution in [0, 0.1) is 29.6 Å². The molecule has 8 heteroatoms. The van der Waals surface area contributed by atoms with E-state index in [1.165, 1.54) is 11.1 Å². The number of aliphatic hydroxyl groups excluding tert-OH is 1. The molecule has 2 amide bonds. The van der Waals surface area contributed by atoms with E-state index in [4.69, 9.17) is 6.42 Å². The molecule has 3 heterocycles. The Kier molecular flexibility index (Phi) is 7.76. The summed E-state index contributed by atoms with van der Waals surface area (Å²) in [6.07, 6.45) is 13.0. The van der Waals surface area contributed by atoms with E-state index < -0.39 is 11.6 Å². The fourth-order valence-electron chi connectivity index (χ4n) is 10.3. The van der Waals surface area contributed by atoms with Gasteiger partial charge < -0.3 is 24.9 Å². The Bertz CT molecular complexity index is 1810. The minimum Gasteiger partial charge on any atom is -0.392 e. The number of carbonyl (C=O) groups is 2. The second kappa shape index (κ2) is 11.9. The van der Waals surface area contributed by atoms with Crippen LogP contribution >= 0.6 is 0 Å². The van der Waals surface area contributed by atoms with Crippen LogP contribution in [0.15, 0.2) is 48.5 Å². The number of carbonyl (C=O) groups excluding carboxylic acids is 2. The number of pyridine rings is 1. The number of rotatable bonds is 4. The highest BCUT2D eigenvalue weighted by molar-refractivity contribution is 5.98. The molecule has 0 unspecified atom stereocenters. The minimum atomic E-state index is -1.01. The number of terminal acetylenes is 1. The van der Waals surface area contributed by atoms with Gasteiger partial charge in [-0.1, -0.05) is 43.2 Å². The first kappa shape index (κ1) is 31.3. The zero-order chi connectivity index (χ0) is 33.2. The number of aryl methyl sites for hydroxylation is 1.